The van der Waals surface area contributed by atoms with Gasteiger partial charge in [0.2, 0.25) is 0 Å². The first kappa shape index (κ1) is 15.4. The van der Waals surface area contributed by atoms with Crippen molar-refractivity contribution in [1.29, 1.82) is 0 Å². The Morgan fingerprint density at radius 1 is 1.30 bits per heavy atom. The quantitative estimate of drug-likeness (QED) is 0.900. The number of hydrogen-bond acceptors (Lipinski definition) is 2. The second kappa shape index (κ2) is 7.16. The zero-order valence-corrected chi connectivity index (χ0v) is 13.0. The molecule has 4 nitrogen and oxygen atoms in total. The van der Waals surface area contributed by atoms with Crippen LogP contribution in [0, 0.1) is 0 Å². The predicted molar refractivity (Wildman–Crippen MR) is 82.4 cm³/mol. The van der Waals surface area contributed by atoms with Crippen LogP contribution in [-0.4, -0.2) is 37.1 Å². The highest BCUT2D eigenvalue weighted by atomic mass is 35.5. The van der Waals surface area contributed by atoms with Gasteiger partial charge in [0.1, 0.15) is 0 Å². The van der Waals surface area contributed by atoms with Crippen LogP contribution in [0.4, 0.5) is 4.79 Å². The summed E-state index contributed by atoms with van der Waals surface area (Å²) in [5, 5.41) is 6.93. The van der Waals surface area contributed by atoms with Gasteiger partial charge in [-0.15, -0.1) is 0 Å². The minimum absolute atomic E-state index is 0.171. The molecule has 0 aromatic heterocycles. The number of carbonyl (C=O) groups excluding carboxylic acids is 1. The molecule has 6 heteroatoms. The summed E-state index contributed by atoms with van der Waals surface area (Å²) in [5.41, 5.74) is 0.745. The Bertz CT molecular complexity index is 453. The molecule has 20 heavy (non-hydrogen) atoms. The van der Waals surface area contributed by atoms with Crippen LogP contribution >= 0.6 is 23.2 Å². The van der Waals surface area contributed by atoms with E-state index in [0.717, 1.165) is 31.5 Å². The summed E-state index contributed by atoms with van der Waals surface area (Å²) in [6.07, 6.45) is 1.97. The number of urea groups is 1. The number of amides is 2. The number of halogens is 2. The van der Waals surface area contributed by atoms with E-state index < -0.39 is 0 Å². The van der Waals surface area contributed by atoms with Gasteiger partial charge < -0.3 is 15.5 Å². The molecule has 1 saturated heterocycles. The van der Waals surface area contributed by atoms with Gasteiger partial charge >= 0.3 is 6.03 Å². The number of hydrogen-bond donors (Lipinski definition) is 2. The van der Waals surface area contributed by atoms with Gasteiger partial charge in [0.05, 0.1) is 0 Å². The molecule has 0 saturated carbocycles. The number of nitrogens with zero attached hydrogens (tertiary/aromatic N) is 1. The van der Waals surface area contributed by atoms with Crippen molar-refractivity contribution in [3.05, 3.63) is 33.8 Å². The molecule has 0 atom stereocenters. The molecule has 0 unspecified atom stereocenters. The van der Waals surface area contributed by atoms with Crippen molar-refractivity contribution in [1.82, 2.24) is 15.5 Å². The fourth-order valence-electron chi connectivity index (χ4n) is 2.26. The van der Waals surface area contributed by atoms with Gasteiger partial charge in [-0.3, -0.25) is 0 Å². The van der Waals surface area contributed by atoms with Crippen molar-refractivity contribution in [2.45, 2.75) is 25.4 Å². The molecule has 1 heterocycles. The highest BCUT2D eigenvalue weighted by Gasteiger charge is 2.18. The van der Waals surface area contributed by atoms with E-state index in [1.807, 2.05) is 0 Å². The molecule has 110 valence electrons. The first-order valence-electron chi connectivity index (χ1n) is 6.72. The van der Waals surface area contributed by atoms with E-state index in [9.17, 15) is 4.79 Å². The van der Waals surface area contributed by atoms with Crippen LogP contribution in [0.3, 0.4) is 0 Å². The van der Waals surface area contributed by atoms with E-state index in [0.29, 0.717) is 16.6 Å². The maximum Gasteiger partial charge on any atom is 0.315 e. The topological polar surface area (TPSA) is 44.4 Å². The highest BCUT2D eigenvalue weighted by molar-refractivity contribution is 6.36. The largest absolute Gasteiger partial charge is 0.335 e. The summed E-state index contributed by atoms with van der Waals surface area (Å²) in [7, 11) is 2.09. The molecule has 2 N–H and O–H groups in total. The SMILES string of the molecule is CN1CCC(NC(=O)NCc2c(Cl)cccc2Cl)CC1. The van der Waals surface area contributed by atoms with Gasteiger partial charge in [-0.25, -0.2) is 4.79 Å². The van der Waals surface area contributed by atoms with Crippen molar-refractivity contribution in [2.75, 3.05) is 20.1 Å². The Labute approximate surface area is 129 Å². The molecule has 1 aliphatic rings. The Balaban J connectivity index is 1.80. The Morgan fingerprint density at radius 2 is 1.90 bits per heavy atom. The van der Waals surface area contributed by atoms with Crippen LogP contribution in [0.5, 0.6) is 0 Å². The van der Waals surface area contributed by atoms with Crippen LogP contribution in [0.15, 0.2) is 18.2 Å². The number of piperidine rings is 1. The average Bonchev–Trinajstić information content (AvgIpc) is 2.41. The maximum atomic E-state index is 11.9. The third kappa shape index (κ3) is 4.27. The van der Waals surface area contributed by atoms with Crippen LogP contribution in [0.2, 0.25) is 10.0 Å². The second-order valence-corrected chi connectivity index (χ2v) is 5.92. The first-order chi connectivity index (χ1) is 9.56. The normalized spacial score (nSPS) is 16.9. The highest BCUT2D eigenvalue weighted by Crippen LogP contribution is 2.23. The van der Waals surface area contributed by atoms with E-state index in [-0.39, 0.29) is 12.1 Å². The van der Waals surface area contributed by atoms with Crippen LogP contribution in [0.25, 0.3) is 0 Å². The van der Waals surface area contributed by atoms with Crippen LogP contribution < -0.4 is 10.6 Å². The number of rotatable bonds is 3. The molecule has 0 bridgehead atoms. The Hall–Kier alpha value is -0.970. The molecule has 0 radical (unpaired) electrons. The van der Waals surface area contributed by atoms with Crippen molar-refractivity contribution in [2.24, 2.45) is 0 Å². The zero-order chi connectivity index (χ0) is 14.5. The molecular weight excluding hydrogens is 297 g/mol. The molecule has 2 amide bonds. The van der Waals surface area contributed by atoms with Crippen LogP contribution in [0.1, 0.15) is 18.4 Å². The zero-order valence-electron chi connectivity index (χ0n) is 11.5. The third-order valence-electron chi connectivity index (χ3n) is 3.54. The standard InChI is InChI=1S/C14H19Cl2N3O/c1-19-7-5-10(6-8-19)18-14(20)17-9-11-12(15)3-2-4-13(11)16/h2-4,10H,5-9H2,1H3,(H2,17,18,20). The Morgan fingerprint density at radius 3 is 2.50 bits per heavy atom. The molecule has 0 aliphatic carbocycles. The lowest BCUT2D eigenvalue weighted by atomic mass is 10.1. The van der Waals surface area contributed by atoms with Crippen molar-refractivity contribution < 1.29 is 4.79 Å². The summed E-state index contributed by atoms with van der Waals surface area (Å²) in [6.45, 7) is 2.36. The summed E-state index contributed by atoms with van der Waals surface area (Å²) in [6, 6.07) is 5.38. The lowest BCUT2D eigenvalue weighted by molar-refractivity contribution is 0.213. The van der Waals surface area contributed by atoms with Gasteiger partial charge in [0, 0.05) is 28.2 Å². The predicted octanol–water partition coefficient (Wildman–Crippen LogP) is 2.89. The van der Waals surface area contributed by atoms with Gasteiger partial charge in [-0.2, -0.15) is 0 Å². The molecule has 1 aromatic rings. The molecule has 1 fully saturated rings. The number of carbonyl (C=O) groups is 1. The smallest absolute Gasteiger partial charge is 0.315 e. The van der Waals surface area contributed by atoms with Gasteiger partial charge in [0.25, 0.3) is 0 Å². The number of nitrogens with one attached hydrogen (secondary N) is 2. The van der Waals surface area contributed by atoms with Gasteiger partial charge in [-0.05, 0) is 45.1 Å². The van der Waals surface area contributed by atoms with Crippen molar-refractivity contribution in [3.63, 3.8) is 0 Å². The molecule has 2 rings (SSSR count). The fraction of sp³-hybridized carbons (Fsp3) is 0.500. The van der Waals surface area contributed by atoms with E-state index >= 15 is 0 Å². The van der Waals surface area contributed by atoms with Crippen molar-refractivity contribution in [3.8, 4) is 0 Å². The third-order valence-corrected chi connectivity index (χ3v) is 4.25. The maximum absolute atomic E-state index is 11.9. The lowest BCUT2D eigenvalue weighted by Crippen LogP contribution is -2.46. The van der Waals surface area contributed by atoms with E-state index in [4.69, 9.17) is 23.2 Å². The van der Waals surface area contributed by atoms with Gasteiger partial charge in [-0.1, -0.05) is 29.3 Å². The van der Waals surface area contributed by atoms with Crippen molar-refractivity contribution >= 4 is 29.2 Å². The molecular formula is C14H19Cl2N3O. The minimum Gasteiger partial charge on any atom is -0.335 e. The van der Waals surface area contributed by atoms with E-state index in [2.05, 4.69) is 22.6 Å². The molecule has 1 aliphatic heterocycles. The number of benzene rings is 1. The summed E-state index contributed by atoms with van der Waals surface area (Å²) in [4.78, 5) is 14.1. The monoisotopic (exact) mass is 315 g/mol. The minimum atomic E-state index is -0.171. The Kier molecular flexibility index (Phi) is 5.52. The molecule has 1 aromatic carbocycles. The van der Waals surface area contributed by atoms with Crippen LogP contribution in [-0.2, 0) is 6.54 Å². The lowest BCUT2D eigenvalue weighted by Gasteiger charge is -2.29. The van der Waals surface area contributed by atoms with E-state index in [1.54, 1.807) is 18.2 Å². The average molecular weight is 316 g/mol. The number of likely N-dealkylation sites (tertiary alicyclic amines) is 1. The summed E-state index contributed by atoms with van der Waals surface area (Å²) < 4.78 is 0. The van der Waals surface area contributed by atoms with E-state index in [1.165, 1.54) is 0 Å². The van der Waals surface area contributed by atoms with Gasteiger partial charge in [0.15, 0.2) is 0 Å². The second-order valence-electron chi connectivity index (χ2n) is 5.10. The summed E-state index contributed by atoms with van der Waals surface area (Å²) >= 11 is 12.1. The summed E-state index contributed by atoms with van der Waals surface area (Å²) in [5.74, 6) is 0. The molecule has 0 spiro atoms. The first-order valence-corrected chi connectivity index (χ1v) is 7.47. The fourth-order valence-corrected chi connectivity index (χ4v) is 2.79.